The lowest BCUT2D eigenvalue weighted by molar-refractivity contribution is 0.437. The lowest BCUT2D eigenvalue weighted by Gasteiger charge is -2.22. The van der Waals surface area contributed by atoms with E-state index in [9.17, 15) is 4.39 Å². The number of aromatic nitrogens is 3. The molecule has 2 aromatic carbocycles. The maximum Gasteiger partial charge on any atom is 0.125 e. The molecule has 7 heteroatoms. The molecule has 1 saturated carbocycles. The largest absolute Gasteiger partial charge is 0.352 e. The predicted molar refractivity (Wildman–Crippen MR) is 147 cm³/mol. The van der Waals surface area contributed by atoms with Crippen LogP contribution in [0.1, 0.15) is 37.8 Å². The molecule has 0 spiro atoms. The van der Waals surface area contributed by atoms with E-state index in [0.29, 0.717) is 16.1 Å². The lowest BCUT2D eigenvalue weighted by atomic mass is 9.96. The molecule has 2 heterocycles. The van der Waals surface area contributed by atoms with Crippen LogP contribution in [-0.4, -0.2) is 20.6 Å². The molecule has 5 nitrogen and oxygen atoms in total. The number of hydrogen-bond donors (Lipinski definition) is 1. The normalized spacial score (nSPS) is 14.9. The summed E-state index contributed by atoms with van der Waals surface area (Å²) in [5.41, 5.74) is 6.60. The fourth-order valence-electron chi connectivity index (χ4n) is 5.11. The number of nitrogens with one attached hydrogen (secondary N) is 1. The molecule has 186 valence electrons. The SMILES string of the molecule is Cc1ncccc1Nc1cc2nc3ccc(F)cc3n(-c3ccc(Cl)cc3)c-2cc1=NC1CCCCC1. The van der Waals surface area contributed by atoms with Gasteiger partial charge in [0.15, 0.2) is 0 Å². The Morgan fingerprint density at radius 1 is 0.973 bits per heavy atom. The molecule has 37 heavy (non-hydrogen) atoms. The van der Waals surface area contributed by atoms with Crippen molar-refractivity contribution in [2.45, 2.75) is 45.1 Å². The van der Waals surface area contributed by atoms with Crippen molar-refractivity contribution in [2.75, 3.05) is 5.32 Å². The van der Waals surface area contributed by atoms with E-state index in [1.165, 1.54) is 31.4 Å². The van der Waals surface area contributed by atoms with Gasteiger partial charge in [-0.25, -0.2) is 9.37 Å². The van der Waals surface area contributed by atoms with Crippen molar-refractivity contribution in [3.8, 4) is 17.1 Å². The summed E-state index contributed by atoms with van der Waals surface area (Å²) in [5, 5.41) is 5.07. The Labute approximate surface area is 220 Å². The predicted octanol–water partition coefficient (Wildman–Crippen LogP) is 7.60. The van der Waals surface area contributed by atoms with Crippen molar-refractivity contribution in [3.63, 3.8) is 0 Å². The summed E-state index contributed by atoms with van der Waals surface area (Å²) < 4.78 is 16.5. The number of pyridine rings is 1. The Kier molecular flexibility index (Phi) is 6.35. The highest BCUT2D eigenvalue weighted by Gasteiger charge is 2.19. The van der Waals surface area contributed by atoms with Gasteiger partial charge in [-0.3, -0.25) is 9.98 Å². The van der Waals surface area contributed by atoms with Gasteiger partial charge in [0, 0.05) is 23.0 Å². The summed E-state index contributed by atoms with van der Waals surface area (Å²) in [6.07, 6.45) is 7.62. The molecule has 0 amide bonds. The number of benzene rings is 3. The molecular formula is C30H27ClFN5. The third-order valence-electron chi connectivity index (χ3n) is 7.01. The van der Waals surface area contributed by atoms with Crippen molar-refractivity contribution in [1.29, 1.82) is 0 Å². The fraction of sp³-hybridized carbons (Fsp3) is 0.233. The van der Waals surface area contributed by atoms with Crippen LogP contribution < -0.4 is 10.7 Å². The van der Waals surface area contributed by atoms with E-state index >= 15 is 0 Å². The summed E-state index contributed by atoms with van der Waals surface area (Å²) in [6.45, 7) is 1.98. The highest BCUT2D eigenvalue weighted by molar-refractivity contribution is 6.30. The van der Waals surface area contributed by atoms with Crippen LogP contribution in [0.2, 0.25) is 5.02 Å². The van der Waals surface area contributed by atoms with Gasteiger partial charge in [0.2, 0.25) is 0 Å². The first-order valence-corrected chi connectivity index (χ1v) is 13.1. The molecule has 0 radical (unpaired) electrons. The first-order chi connectivity index (χ1) is 18.0. The number of halogens is 2. The van der Waals surface area contributed by atoms with E-state index in [0.717, 1.165) is 52.3 Å². The minimum absolute atomic E-state index is 0.275. The average Bonchev–Trinajstić information content (AvgIpc) is 2.90. The van der Waals surface area contributed by atoms with Gasteiger partial charge < -0.3 is 9.88 Å². The summed E-state index contributed by atoms with van der Waals surface area (Å²) in [6, 6.07) is 20.6. The first kappa shape index (κ1) is 23.6. The number of nitrogens with zero attached hydrogens (tertiary/aromatic N) is 4. The molecule has 0 atom stereocenters. The Morgan fingerprint density at radius 2 is 1.78 bits per heavy atom. The molecule has 6 rings (SSSR count). The quantitative estimate of drug-likeness (QED) is 0.253. The molecule has 0 saturated heterocycles. The number of anilines is 2. The van der Waals surface area contributed by atoms with E-state index in [2.05, 4.69) is 16.4 Å². The van der Waals surface area contributed by atoms with Crippen molar-refractivity contribution < 1.29 is 4.39 Å². The zero-order valence-electron chi connectivity index (χ0n) is 20.6. The fourth-order valence-corrected chi connectivity index (χ4v) is 5.23. The van der Waals surface area contributed by atoms with Gasteiger partial charge in [0.05, 0.1) is 50.9 Å². The Hall–Kier alpha value is -3.77. The highest BCUT2D eigenvalue weighted by atomic mass is 35.5. The summed E-state index contributed by atoms with van der Waals surface area (Å²) in [4.78, 5) is 14.6. The second-order valence-corrected chi connectivity index (χ2v) is 10.0. The minimum Gasteiger partial charge on any atom is -0.352 e. The molecular weight excluding hydrogens is 485 g/mol. The van der Waals surface area contributed by atoms with Crippen molar-refractivity contribution in [3.05, 3.63) is 94.8 Å². The number of hydrogen-bond acceptors (Lipinski definition) is 4. The molecule has 1 aromatic heterocycles. The van der Waals surface area contributed by atoms with Gasteiger partial charge in [-0.15, -0.1) is 0 Å². The van der Waals surface area contributed by atoms with Crippen LogP contribution in [0.4, 0.5) is 15.8 Å². The maximum absolute atomic E-state index is 14.4. The van der Waals surface area contributed by atoms with Crippen molar-refractivity contribution in [2.24, 2.45) is 4.99 Å². The van der Waals surface area contributed by atoms with Gasteiger partial charge in [-0.2, -0.15) is 0 Å². The Bertz CT molecular complexity index is 1620. The molecule has 1 N–H and O–H groups in total. The third-order valence-corrected chi connectivity index (χ3v) is 7.26. The zero-order chi connectivity index (χ0) is 25.4. The Morgan fingerprint density at radius 3 is 2.57 bits per heavy atom. The van der Waals surface area contributed by atoms with E-state index in [1.54, 1.807) is 12.3 Å². The van der Waals surface area contributed by atoms with Gasteiger partial charge in [-0.1, -0.05) is 30.9 Å². The molecule has 0 bridgehead atoms. The smallest absolute Gasteiger partial charge is 0.125 e. The average molecular weight is 512 g/mol. The van der Waals surface area contributed by atoms with Crippen molar-refractivity contribution in [1.82, 2.24) is 14.5 Å². The highest BCUT2D eigenvalue weighted by Crippen LogP contribution is 2.32. The van der Waals surface area contributed by atoms with Crippen LogP contribution in [0.5, 0.6) is 0 Å². The minimum atomic E-state index is -0.311. The van der Waals surface area contributed by atoms with Crippen LogP contribution >= 0.6 is 11.6 Å². The van der Waals surface area contributed by atoms with E-state index < -0.39 is 0 Å². The summed E-state index contributed by atoms with van der Waals surface area (Å²) in [5.74, 6) is -0.311. The van der Waals surface area contributed by atoms with Gasteiger partial charge in [0.1, 0.15) is 5.82 Å². The third kappa shape index (κ3) is 4.81. The van der Waals surface area contributed by atoms with Crippen LogP contribution in [0, 0.1) is 12.7 Å². The molecule has 0 unspecified atom stereocenters. The summed E-state index contributed by atoms with van der Waals surface area (Å²) >= 11 is 6.20. The first-order valence-electron chi connectivity index (χ1n) is 12.7. The van der Waals surface area contributed by atoms with Crippen LogP contribution in [0.3, 0.4) is 0 Å². The van der Waals surface area contributed by atoms with Crippen molar-refractivity contribution >= 4 is 34.0 Å². The zero-order valence-corrected chi connectivity index (χ0v) is 21.3. The molecule has 1 fully saturated rings. The Balaban J connectivity index is 1.64. The monoisotopic (exact) mass is 511 g/mol. The van der Waals surface area contributed by atoms with Crippen LogP contribution in [0.25, 0.3) is 28.1 Å². The number of rotatable bonds is 4. The van der Waals surface area contributed by atoms with E-state index in [-0.39, 0.29) is 11.9 Å². The molecule has 3 aromatic rings. The van der Waals surface area contributed by atoms with E-state index in [1.807, 2.05) is 54.0 Å². The molecule has 1 aliphatic heterocycles. The standard InChI is InChI=1S/C30H27ClFN5/c1-19-24(8-5-15-33-19)35-26-17-28-30(18-27(26)34-22-6-3-2-4-7-22)37(23-12-9-20(31)10-13-23)29-16-21(32)11-14-25(29)36-28/h5,8-18,22,35H,2-4,6-7H2,1H3. The lowest BCUT2D eigenvalue weighted by Crippen LogP contribution is -2.19. The van der Waals surface area contributed by atoms with Gasteiger partial charge >= 0.3 is 0 Å². The number of aryl methyl sites for hydroxylation is 1. The topological polar surface area (TPSA) is 55.1 Å². The molecule has 3 aliphatic rings. The second kappa shape index (κ2) is 9.94. The van der Waals surface area contributed by atoms with Gasteiger partial charge in [0.25, 0.3) is 0 Å². The maximum atomic E-state index is 14.4. The van der Waals surface area contributed by atoms with Gasteiger partial charge in [-0.05, 0) is 80.4 Å². The summed E-state index contributed by atoms with van der Waals surface area (Å²) in [7, 11) is 0. The second-order valence-electron chi connectivity index (χ2n) is 9.60. The van der Waals surface area contributed by atoms with Crippen LogP contribution in [0.15, 0.2) is 77.9 Å². The molecule has 2 aliphatic carbocycles. The number of fused-ring (bicyclic) bond motifs is 2. The van der Waals surface area contributed by atoms with Crippen LogP contribution in [-0.2, 0) is 0 Å². The van der Waals surface area contributed by atoms with E-state index in [4.69, 9.17) is 21.6 Å².